The van der Waals surface area contributed by atoms with Gasteiger partial charge in [-0.05, 0) is 29.1 Å². The predicted molar refractivity (Wildman–Crippen MR) is 102 cm³/mol. The number of benzene rings is 1. The van der Waals surface area contributed by atoms with Gasteiger partial charge in [-0.1, -0.05) is 18.2 Å². The number of rotatable bonds is 5. The van der Waals surface area contributed by atoms with Crippen LogP contribution in [0.25, 0.3) is 10.4 Å². The van der Waals surface area contributed by atoms with Gasteiger partial charge in [-0.25, -0.2) is 4.79 Å². The lowest BCUT2D eigenvalue weighted by Crippen LogP contribution is -2.11. The lowest BCUT2D eigenvalue weighted by atomic mass is 10.1. The molecule has 1 N–H and O–H groups in total. The van der Waals surface area contributed by atoms with Crippen LogP contribution in [0, 0.1) is 11.3 Å². The van der Waals surface area contributed by atoms with Gasteiger partial charge in [0.1, 0.15) is 17.2 Å². The van der Waals surface area contributed by atoms with Crippen molar-refractivity contribution in [3.05, 3.63) is 63.8 Å². The summed E-state index contributed by atoms with van der Waals surface area (Å²) in [6.07, 6.45) is 0. The first-order valence-electron chi connectivity index (χ1n) is 7.67. The van der Waals surface area contributed by atoms with Gasteiger partial charge in [-0.3, -0.25) is 4.79 Å². The molecule has 0 unspecified atom stereocenters. The van der Waals surface area contributed by atoms with E-state index in [1.165, 1.54) is 29.6 Å². The number of carbonyl (C=O) groups is 2. The second-order valence-corrected chi connectivity index (χ2v) is 7.23. The first kappa shape index (κ1) is 17.9. The minimum atomic E-state index is -0.513. The Morgan fingerprint density at radius 2 is 2.08 bits per heavy atom. The number of anilines is 1. The molecule has 3 rings (SSSR count). The summed E-state index contributed by atoms with van der Waals surface area (Å²) < 4.78 is 5.44. The Balaban J connectivity index is 1.86. The number of esters is 1. The van der Waals surface area contributed by atoms with E-state index >= 15 is 0 Å². The third-order valence-electron chi connectivity index (χ3n) is 3.50. The van der Waals surface area contributed by atoms with Crippen LogP contribution in [-0.2, 0) is 16.1 Å². The molecule has 0 aliphatic heterocycles. The fourth-order valence-corrected chi connectivity index (χ4v) is 4.20. The molecule has 0 aliphatic carbocycles. The van der Waals surface area contributed by atoms with Crippen molar-refractivity contribution in [1.29, 1.82) is 5.26 Å². The Hall–Kier alpha value is -2.95. The molecule has 0 saturated carbocycles. The van der Waals surface area contributed by atoms with Gasteiger partial charge >= 0.3 is 5.97 Å². The number of nitriles is 1. The molecule has 1 aromatic carbocycles. The van der Waals surface area contributed by atoms with Crippen molar-refractivity contribution in [2.24, 2.45) is 0 Å². The summed E-state index contributed by atoms with van der Waals surface area (Å²) in [5.41, 5.74) is 2.33. The first-order valence-corrected chi connectivity index (χ1v) is 9.43. The van der Waals surface area contributed by atoms with Gasteiger partial charge in [-0.2, -0.15) is 5.26 Å². The fourth-order valence-electron chi connectivity index (χ4n) is 2.38. The smallest absolute Gasteiger partial charge is 0.342 e. The summed E-state index contributed by atoms with van der Waals surface area (Å²) in [7, 11) is 0. The van der Waals surface area contributed by atoms with Crippen LogP contribution in [-0.4, -0.2) is 11.9 Å². The van der Waals surface area contributed by atoms with E-state index in [9.17, 15) is 9.59 Å². The summed E-state index contributed by atoms with van der Waals surface area (Å²) in [4.78, 5) is 25.1. The Morgan fingerprint density at radius 1 is 1.23 bits per heavy atom. The van der Waals surface area contributed by atoms with Gasteiger partial charge in [-0.15, -0.1) is 22.7 Å². The lowest BCUT2D eigenvalue weighted by molar-refractivity contribution is -0.114. The van der Waals surface area contributed by atoms with E-state index in [-0.39, 0.29) is 12.5 Å². The molecule has 2 heterocycles. The van der Waals surface area contributed by atoms with Crippen molar-refractivity contribution in [3.8, 4) is 16.5 Å². The van der Waals surface area contributed by atoms with Crippen LogP contribution < -0.4 is 5.32 Å². The highest BCUT2D eigenvalue weighted by molar-refractivity contribution is 7.17. The average molecular weight is 382 g/mol. The lowest BCUT2D eigenvalue weighted by Gasteiger charge is -2.08. The topological polar surface area (TPSA) is 79.2 Å². The maximum Gasteiger partial charge on any atom is 0.342 e. The number of ether oxygens (including phenoxy) is 1. The number of amides is 1. The van der Waals surface area contributed by atoms with Crippen LogP contribution in [0.15, 0.2) is 47.2 Å². The van der Waals surface area contributed by atoms with E-state index in [1.54, 1.807) is 24.3 Å². The van der Waals surface area contributed by atoms with E-state index < -0.39 is 5.97 Å². The van der Waals surface area contributed by atoms with Crippen LogP contribution in [0.1, 0.15) is 28.4 Å². The fraction of sp³-hybridized carbons (Fsp3) is 0.105. The SMILES string of the molecule is CC(=O)Nc1scc(-c2cccs2)c1C(=O)OCc1cccc(C#N)c1. The molecule has 1 amide bonds. The average Bonchev–Trinajstić information content (AvgIpc) is 3.29. The normalized spacial score (nSPS) is 10.2. The van der Waals surface area contributed by atoms with E-state index in [4.69, 9.17) is 10.00 Å². The third kappa shape index (κ3) is 3.99. The molecule has 0 fully saturated rings. The first-order chi connectivity index (χ1) is 12.6. The van der Waals surface area contributed by atoms with E-state index in [2.05, 4.69) is 11.4 Å². The van der Waals surface area contributed by atoms with E-state index in [1.807, 2.05) is 22.9 Å². The zero-order valence-corrected chi connectivity index (χ0v) is 15.4. The van der Waals surface area contributed by atoms with E-state index in [0.29, 0.717) is 16.1 Å². The summed E-state index contributed by atoms with van der Waals surface area (Å²) in [5.74, 6) is -0.763. The van der Waals surface area contributed by atoms with Crippen molar-refractivity contribution < 1.29 is 14.3 Å². The van der Waals surface area contributed by atoms with Gasteiger partial charge < -0.3 is 10.1 Å². The molecule has 0 saturated heterocycles. The molecule has 0 atom stereocenters. The summed E-state index contributed by atoms with van der Waals surface area (Å²) in [5, 5.41) is 15.9. The van der Waals surface area contributed by atoms with Gasteiger partial charge in [0, 0.05) is 22.7 Å². The molecular weight excluding hydrogens is 368 g/mol. The Kier molecular flexibility index (Phi) is 5.46. The van der Waals surface area contributed by atoms with Crippen molar-refractivity contribution in [3.63, 3.8) is 0 Å². The number of hydrogen-bond acceptors (Lipinski definition) is 6. The predicted octanol–water partition coefficient (Wildman–Crippen LogP) is 4.66. The Morgan fingerprint density at radius 3 is 2.77 bits per heavy atom. The summed E-state index contributed by atoms with van der Waals surface area (Å²) in [6.45, 7) is 1.45. The van der Waals surface area contributed by atoms with Gasteiger partial charge in [0.25, 0.3) is 0 Å². The second-order valence-electron chi connectivity index (χ2n) is 5.40. The highest BCUT2D eigenvalue weighted by Gasteiger charge is 2.23. The minimum absolute atomic E-state index is 0.0492. The maximum atomic E-state index is 12.7. The van der Waals surface area contributed by atoms with Gasteiger partial charge in [0.05, 0.1) is 11.6 Å². The van der Waals surface area contributed by atoms with Crippen molar-refractivity contribution in [2.45, 2.75) is 13.5 Å². The number of nitrogens with zero attached hydrogens (tertiary/aromatic N) is 1. The third-order valence-corrected chi connectivity index (χ3v) is 5.30. The number of thiophene rings is 2. The van der Waals surface area contributed by atoms with Crippen molar-refractivity contribution >= 4 is 39.6 Å². The highest BCUT2D eigenvalue weighted by Crippen LogP contribution is 2.38. The second kappa shape index (κ2) is 7.95. The van der Waals surface area contributed by atoms with Crippen LogP contribution >= 0.6 is 22.7 Å². The standard InChI is InChI=1S/C19H14N2O3S2/c1-12(22)21-18-17(15(11-26-18)16-6-3-7-25-16)19(23)24-10-14-5-2-4-13(8-14)9-20/h2-8,11H,10H2,1H3,(H,21,22). The molecule has 0 bridgehead atoms. The van der Waals surface area contributed by atoms with Gasteiger partial charge in [0.15, 0.2) is 0 Å². The maximum absolute atomic E-state index is 12.7. The summed E-state index contributed by atoms with van der Waals surface area (Å²) >= 11 is 2.80. The number of carbonyl (C=O) groups excluding carboxylic acids is 2. The van der Waals surface area contributed by atoms with Crippen molar-refractivity contribution in [2.75, 3.05) is 5.32 Å². The van der Waals surface area contributed by atoms with Crippen LogP contribution in [0.2, 0.25) is 0 Å². The zero-order chi connectivity index (χ0) is 18.5. The molecule has 7 heteroatoms. The quantitative estimate of drug-likeness (QED) is 0.651. The number of hydrogen-bond donors (Lipinski definition) is 1. The molecule has 0 spiro atoms. The van der Waals surface area contributed by atoms with Crippen LogP contribution in [0.4, 0.5) is 5.00 Å². The Bertz CT molecular complexity index is 985. The summed E-state index contributed by atoms with van der Waals surface area (Å²) in [6, 6.07) is 12.8. The molecule has 0 aliphatic rings. The van der Waals surface area contributed by atoms with Crippen molar-refractivity contribution in [1.82, 2.24) is 0 Å². The number of nitrogens with one attached hydrogen (secondary N) is 1. The molecule has 3 aromatic rings. The van der Waals surface area contributed by atoms with Gasteiger partial charge in [0.2, 0.25) is 5.91 Å². The highest BCUT2D eigenvalue weighted by atomic mass is 32.1. The Labute approximate surface area is 158 Å². The van der Waals surface area contributed by atoms with Crippen LogP contribution in [0.3, 0.4) is 0 Å². The molecule has 2 aromatic heterocycles. The monoisotopic (exact) mass is 382 g/mol. The van der Waals surface area contributed by atoms with E-state index in [0.717, 1.165) is 16.0 Å². The molecule has 130 valence electrons. The molecule has 26 heavy (non-hydrogen) atoms. The molecular formula is C19H14N2O3S2. The minimum Gasteiger partial charge on any atom is -0.457 e. The molecule has 5 nitrogen and oxygen atoms in total. The molecule has 0 radical (unpaired) electrons. The zero-order valence-electron chi connectivity index (χ0n) is 13.8. The largest absolute Gasteiger partial charge is 0.457 e. The van der Waals surface area contributed by atoms with Crippen LogP contribution in [0.5, 0.6) is 0 Å².